The zero-order chi connectivity index (χ0) is 11.9. The van der Waals surface area contributed by atoms with E-state index in [1.165, 1.54) is 0 Å². The SMILES string of the molecule is CC(C)(C)c1c[c-]c(F)c(C(C)(C)C)c1.[Br-].[Mg+2]. The first-order chi connectivity index (χ1) is 6.62. The standard InChI is InChI=1S/C14H20F.BrH.Mg/c1-13(2,3)10-7-8-12(15)11(9-10)14(4,5)6;;/h7,9H,1-6H3;1H;/q-1;;+2/p-1. The number of hydrogen-bond acceptors (Lipinski definition) is 0. The molecule has 0 amide bonds. The predicted octanol–water partition coefficient (Wildman–Crippen LogP) is 0.844. The Bertz CT molecular complexity index is 361. The summed E-state index contributed by atoms with van der Waals surface area (Å²) in [5.74, 6) is -0.226. The van der Waals surface area contributed by atoms with Crippen molar-refractivity contribution in [3.8, 4) is 0 Å². The first-order valence-electron chi connectivity index (χ1n) is 5.34. The van der Waals surface area contributed by atoms with Crippen molar-refractivity contribution in [2.24, 2.45) is 0 Å². The van der Waals surface area contributed by atoms with E-state index in [2.05, 4.69) is 26.8 Å². The molecule has 92 valence electrons. The third kappa shape index (κ3) is 5.27. The molecule has 0 aliphatic carbocycles. The molecule has 0 saturated carbocycles. The van der Waals surface area contributed by atoms with E-state index in [9.17, 15) is 4.39 Å². The van der Waals surface area contributed by atoms with Crippen LogP contribution in [0.15, 0.2) is 12.1 Å². The molecule has 0 spiro atoms. The summed E-state index contributed by atoms with van der Waals surface area (Å²) in [5.41, 5.74) is 1.76. The fourth-order valence-corrected chi connectivity index (χ4v) is 1.46. The third-order valence-electron chi connectivity index (χ3n) is 2.56. The molecule has 17 heavy (non-hydrogen) atoms. The van der Waals surface area contributed by atoms with Gasteiger partial charge in [-0.25, -0.2) is 4.39 Å². The summed E-state index contributed by atoms with van der Waals surface area (Å²) in [7, 11) is 0. The van der Waals surface area contributed by atoms with Crippen LogP contribution in [0.2, 0.25) is 0 Å². The van der Waals surface area contributed by atoms with Crippen LogP contribution in [-0.4, -0.2) is 23.1 Å². The van der Waals surface area contributed by atoms with Gasteiger partial charge in [0.15, 0.2) is 0 Å². The zero-order valence-electron chi connectivity index (χ0n) is 11.6. The normalized spacial score (nSPS) is 11.5. The maximum atomic E-state index is 13.6. The van der Waals surface area contributed by atoms with E-state index in [1.807, 2.05) is 26.8 Å². The Morgan fingerprint density at radius 3 is 1.82 bits per heavy atom. The molecule has 0 bridgehead atoms. The Morgan fingerprint density at radius 1 is 1.00 bits per heavy atom. The van der Waals surface area contributed by atoms with Crippen LogP contribution >= 0.6 is 0 Å². The second-order valence-corrected chi connectivity index (χ2v) is 6.12. The molecule has 0 heterocycles. The molecule has 0 fully saturated rings. The summed E-state index contributed by atoms with van der Waals surface area (Å²) in [5, 5.41) is 0. The van der Waals surface area contributed by atoms with Crippen LogP contribution in [0.3, 0.4) is 0 Å². The largest absolute Gasteiger partial charge is 2.00 e. The van der Waals surface area contributed by atoms with Crippen LogP contribution < -0.4 is 17.0 Å². The molecular formula is C14H20BrFMg. The van der Waals surface area contributed by atoms with Gasteiger partial charge in [0.2, 0.25) is 0 Å². The van der Waals surface area contributed by atoms with Crippen LogP contribution in [0.5, 0.6) is 0 Å². The van der Waals surface area contributed by atoms with Crippen molar-refractivity contribution >= 4 is 23.1 Å². The van der Waals surface area contributed by atoms with E-state index in [1.54, 1.807) is 6.07 Å². The average Bonchev–Trinajstić information content (AvgIpc) is 2.00. The quantitative estimate of drug-likeness (QED) is 0.492. The zero-order valence-corrected chi connectivity index (χ0v) is 14.6. The Kier molecular flexibility index (Phi) is 7.58. The molecule has 0 atom stereocenters. The van der Waals surface area contributed by atoms with Crippen LogP contribution in [-0.2, 0) is 10.8 Å². The van der Waals surface area contributed by atoms with Crippen molar-refractivity contribution in [2.75, 3.05) is 0 Å². The summed E-state index contributed by atoms with van der Waals surface area (Å²) >= 11 is 0. The molecular weight excluding hydrogens is 291 g/mol. The second kappa shape index (κ2) is 6.53. The Morgan fingerprint density at radius 2 is 1.47 bits per heavy atom. The molecule has 0 N–H and O–H groups in total. The van der Waals surface area contributed by atoms with Crippen molar-refractivity contribution in [3.05, 3.63) is 35.1 Å². The summed E-state index contributed by atoms with van der Waals surface area (Å²) < 4.78 is 13.6. The summed E-state index contributed by atoms with van der Waals surface area (Å²) in [4.78, 5) is 0. The fraction of sp³-hybridized carbons (Fsp3) is 0.571. The maximum absolute atomic E-state index is 13.6. The van der Waals surface area contributed by atoms with E-state index in [-0.39, 0.29) is 56.7 Å². The van der Waals surface area contributed by atoms with Gasteiger partial charge in [0.1, 0.15) is 0 Å². The van der Waals surface area contributed by atoms with Gasteiger partial charge in [0.05, 0.1) is 0 Å². The van der Waals surface area contributed by atoms with E-state index < -0.39 is 0 Å². The Hall–Kier alpha value is 0.396. The molecule has 1 aromatic carbocycles. The minimum absolute atomic E-state index is 0. The molecule has 0 aromatic heterocycles. The summed E-state index contributed by atoms with van der Waals surface area (Å²) in [6.07, 6.45) is 0. The minimum Gasteiger partial charge on any atom is -1.00 e. The third-order valence-corrected chi connectivity index (χ3v) is 2.56. The van der Waals surface area contributed by atoms with E-state index >= 15 is 0 Å². The molecule has 3 heteroatoms. The summed E-state index contributed by atoms with van der Waals surface area (Å²) in [6, 6.07) is 6.43. The van der Waals surface area contributed by atoms with Gasteiger partial charge in [-0.05, 0) is 0 Å². The minimum atomic E-state index is -0.226. The molecule has 0 radical (unpaired) electrons. The molecule has 0 unspecified atom stereocenters. The molecule has 0 nitrogen and oxygen atoms in total. The smallest absolute Gasteiger partial charge is 1.00 e. The number of benzene rings is 1. The molecule has 1 aromatic rings. The molecule has 0 saturated heterocycles. The van der Waals surface area contributed by atoms with Gasteiger partial charge in [0, 0.05) is 5.82 Å². The van der Waals surface area contributed by atoms with Gasteiger partial charge in [-0.2, -0.15) is 17.7 Å². The van der Waals surface area contributed by atoms with E-state index in [0.717, 1.165) is 11.1 Å². The molecule has 0 aliphatic rings. The number of hydrogen-bond donors (Lipinski definition) is 0. The van der Waals surface area contributed by atoms with Crippen LogP contribution in [0.4, 0.5) is 4.39 Å². The fourth-order valence-electron chi connectivity index (χ4n) is 1.46. The predicted molar refractivity (Wildman–Crippen MR) is 68.4 cm³/mol. The molecule has 1 rings (SSSR count). The number of halogens is 2. The number of rotatable bonds is 0. The first-order valence-corrected chi connectivity index (χ1v) is 5.34. The monoisotopic (exact) mass is 310 g/mol. The van der Waals surface area contributed by atoms with Crippen LogP contribution in [0.1, 0.15) is 52.7 Å². The average molecular weight is 312 g/mol. The Labute approximate surface area is 131 Å². The summed E-state index contributed by atoms with van der Waals surface area (Å²) in [6.45, 7) is 12.4. The van der Waals surface area contributed by atoms with Crippen molar-refractivity contribution in [2.45, 2.75) is 52.4 Å². The van der Waals surface area contributed by atoms with Crippen LogP contribution in [0, 0.1) is 11.9 Å². The van der Waals surface area contributed by atoms with E-state index in [4.69, 9.17) is 0 Å². The van der Waals surface area contributed by atoms with Gasteiger partial charge in [-0.15, -0.1) is 11.6 Å². The first kappa shape index (κ1) is 19.7. The van der Waals surface area contributed by atoms with Crippen molar-refractivity contribution < 1.29 is 21.4 Å². The topological polar surface area (TPSA) is 0 Å². The van der Waals surface area contributed by atoms with Crippen molar-refractivity contribution in [1.82, 2.24) is 0 Å². The van der Waals surface area contributed by atoms with E-state index in [0.29, 0.717) is 0 Å². The maximum Gasteiger partial charge on any atom is 2.00 e. The Balaban J connectivity index is 0. The second-order valence-electron chi connectivity index (χ2n) is 6.12. The van der Waals surface area contributed by atoms with Gasteiger partial charge >= 0.3 is 23.1 Å². The van der Waals surface area contributed by atoms with Gasteiger partial charge in [-0.3, -0.25) is 0 Å². The van der Waals surface area contributed by atoms with Gasteiger partial charge in [-0.1, -0.05) is 52.4 Å². The van der Waals surface area contributed by atoms with Crippen molar-refractivity contribution in [1.29, 1.82) is 0 Å². The van der Waals surface area contributed by atoms with Gasteiger partial charge in [0.25, 0.3) is 0 Å². The van der Waals surface area contributed by atoms with Gasteiger partial charge < -0.3 is 17.0 Å². The molecule has 0 aliphatic heterocycles. The van der Waals surface area contributed by atoms with Crippen molar-refractivity contribution in [3.63, 3.8) is 0 Å². The van der Waals surface area contributed by atoms with Crippen LogP contribution in [0.25, 0.3) is 0 Å².